The Morgan fingerprint density at radius 2 is 1.77 bits per heavy atom. The lowest BCUT2D eigenvalue weighted by molar-refractivity contribution is -0.122. The molecule has 2 N–H and O–H groups in total. The van der Waals surface area contributed by atoms with Crippen LogP contribution in [0.15, 0.2) is 0 Å². The monoisotopic (exact) mass is 307 g/mol. The highest BCUT2D eigenvalue weighted by Crippen LogP contribution is 2.35. The number of hydrogen-bond acceptors (Lipinski definition) is 3. The molecule has 2 saturated heterocycles. The van der Waals surface area contributed by atoms with Gasteiger partial charge >= 0.3 is 0 Å². The topological polar surface area (TPSA) is 44.4 Å². The Labute approximate surface area is 135 Å². The first kappa shape index (κ1) is 16.3. The van der Waals surface area contributed by atoms with Crippen LogP contribution in [0.1, 0.15) is 70.6 Å². The molecule has 22 heavy (non-hydrogen) atoms. The zero-order valence-electron chi connectivity index (χ0n) is 14.0. The predicted molar refractivity (Wildman–Crippen MR) is 89.9 cm³/mol. The van der Waals surface area contributed by atoms with E-state index >= 15 is 0 Å². The third-order valence-electron chi connectivity index (χ3n) is 6.02. The second-order valence-corrected chi connectivity index (χ2v) is 7.61. The minimum absolute atomic E-state index is 0.251. The average Bonchev–Trinajstić information content (AvgIpc) is 3.08. The van der Waals surface area contributed by atoms with Crippen molar-refractivity contribution in [2.75, 3.05) is 26.2 Å². The summed E-state index contributed by atoms with van der Waals surface area (Å²) < 4.78 is 0. The van der Waals surface area contributed by atoms with Crippen LogP contribution < -0.4 is 10.6 Å². The Morgan fingerprint density at radius 3 is 2.45 bits per heavy atom. The zero-order valence-corrected chi connectivity index (χ0v) is 14.0. The number of amides is 1. The molecule has 3 rings (SSSR count). The van der Waals surface area contributed by atoms with E-state index < -0.39 is 0 Å². The molecule has 0 aromatic carbocycles. The molecule has 1 unspecified atom stereocenters. The van der Waals surface area contributed by atoms with Gasteiger partial charge in [-0.2, -0.15) is 0 Å². The van der Waals surface area contributed by atoms with Crippen molar-refractivity contribution in [1.82, 2.24) is 15.5 Å². The molecule has 0 radical (unpaired) electrons. The van der Waals surface area contributed by atoms with Gasteiger partial charge in [-0.15, -0.1) is 0 Å². The lowest BCUT2D eigenvalue weighted by atomic mass is 9.79. The maximum absolute atomic E-state index is 12.3. The van der Waals surface area contributed by atoms with Crippen molar-refractivity contribution in [3.63, 3.8) is 0 Å². The first-order chi connectivity index (χ1) is 10.8. The number of hydrogen-bond donors (Lipinski definition) is 2. The van der Waals surface area contributed by atoms with E-state index in [2.05, 4.69) is 15.5 Å². The molecule has 0 bridgehead atoms. The first-order valence-electron chi connectivity index (χ1n) is 9.54. The highest BCUT2D eigenvalue weighted by molar-refractivity contribution is 5.76. The molecule has 2 heterocycles. The molecular formula is C18H33N3O. The fourth-order valence-corrected chi connectivity index (χ4v) is 4.67. The fraction of sp³-hybridized carbons (Fsp3) is 0.944. The van der Waals surface area contributed by atoms with Gasteiger partial charge in [-0.3, -0.25) is 9.69 Å². The largest absolute Gasteiger partial charge is 0.354 e. The van der Waals surface area contributed by atoms with Crippen molar-refractivity contribution in [2.24, 2.45) is 0 Å². The summed E-state index contributed by atoms with van der Waals surface area (Å²) in [7, 11) is 0. The maximum Gasteiger partial charge on any atom is 0.221 e. The summed E-state index contributed by atoms with van der Waals surface area (Å²) in [5.74, 6) is 0.251. The van der Waals surface area contributed by atoms with Crippen molar-refractivity contribution in [2.45, 2.75) is 82.2 Å². The Morgan fingerprint density at radius 1 is 1.05 bits per heavy atom. The van der Waals surface area contributed by atoms with Gasteiger partial charge in [0.2, 0.25) is 5.91 Å². The molecule has 4 nitrogen and oxygen atoms in total. The third kappa shape index (κ3) is 4.02. The van der Waals surface area contributed by atoms with Gasteiger partial charge in [0, 0.05) is 24.5 Å². The van der Waals surface area contributed by atoms with Crippen molar-refractivity contribution in [1.29, 1.82) is 0 Å². The Kier molecular flexibility index (Phi) is 5.75. The van der Waals surface area contributed by atoms with E-state index in [1.54, 1.807) is 0 Å². The third-order valence-corrected chi connectivity index (χ3v) is 6.02. The minimum atomic E-state index is 0.251. The standard InChI is InChI=1S/C18H33N3O/c22-17(14-16-8-7-11-19-16)20-15-18(9-3-1-4-10-18)21-12-5-2-6-13-21/h16,19H,1-15H2,(H,20,22). The van der Waals surface area contributed by atoms with Crippen LogP contribution in [0.25, 0.3) is 0 Å². The SMILES string of the molecule is O=C(CC1CCCN1)NCC1(N2CCCCC2)CCCCC1. The van der Waals surface area contributed by atoms with E-state index in [-0.39, 0.29) is 11.4 Å². The molecule has 1 saturated carbocycles. The van der Waals surface area contributed by atoms with Crippen molar-refractivity contribution in [3.8, 4) is 0 Å². The van der Waals surface area contributed by atoms with E-state index in [1.165, 1.54) is 70.9 Å². The highest BCUT2D eigenvalue weighted by Gasteiger charge is 2.38. The van der Waals surface area contributed by atoms with Gasteiger partial charge in [-0.25, -0.2) is 0 Å². The molecule has 4 heteroatoms. The van der Waals surface area contributed by atoms with Crippen molar-refractivity contribution in [3.05, 3.63) is 0 Å². The summed E-state index contributed by atoms with van der Waals surface area (Å²) in [5, 5.41) is 6.72. The first-order valence-corrected chi connectivity index (χ1v) is 9.54. The van der Waals surface area contributed by atoms with Gasteiger partial charge in [0.05, 0.1) is 0 Å². The average molecular weight is 307 g/mol. The molecule has 1 amide bonds. The number of likely N-dealkylation sites (tertiary alicyclic amines) is 1. The van der Waals surface area contributed by atoms with Gasteiger partial charge in [0.25, 0.3) is 0 Å². The van der Waals surface area contributed by atoms with Crippen molar-refractivity contribution < 1.29 is 4.79 Å². The van der Waals surface area contributed by atoms with Crippen molar-refractivity contribution >= 4 is 5.91 Å². The van der Waals surface area contributed by atoms with Crippen LogP contribution >= 0.6 is 0 Å². The second kappa shape index (κ2) is 7.78. The molecular weight excluding hydrogens is 274 g/mol. The fourth-order valence-electron chi connectivity index (χ4n) is 4.67. The molecule has 1 aliphatic carbocycles. The second-order valence-electron chi connectivity index (χ2n) is 7.61. The normalized spacial score (nSPS) is 29.4. The summed E-state index contributed by atoms with van der Waals surface area (Å²) in [6.07, 6.45) is 13.7. The Bertz CT molecular complexity index is 353. The lowest BCUT2D eigenvalue weighted by Gasteiger charge is -2.48. The quantitative estimate of drug-likeness (QED) is 0.820. The maximum atomic E-state index is 12.3. The van der Waals surface area contributed by atoms with Crippen LogP contribution in [0.2, 0.25) is 0 Å². The number of nitrogens with one attached hydrogen (secondary N) is 2. The van der Waals surface area contributed by atoms with Crippen LogP contribution in [-0.2, 0) is 4.79 Å². The Balaban J connectivity index is 1.53. The number of carbonyl (C=O) groups excluding carboxylic acids is 1. The van der Waals surface area contributed by atoms with Gasteiger partial charge in [-0.1, -0.05) is 25.7 Å². The molecule has 3 aliphatic rings. The number of nitrogens with zero attached hydrogens (tertiary/aromatic N) is 1. The van der Waals surface area contributed by atoms with Gasteiger partial charge in [0.1, 0.15) is 0 Å². The minimum Gasteiger partial charge on any atom is -0.354 e. The van der Waals surface area contributed by atoms with E-state index in [9.17, 15) is 4.79 Å². The summed E-state index contributed by atoms with van der Waals surface area (Å²) >= 11 is 0. The van der Waals surface area contributed by atoms with Gasteiger partial charge in [0.15, 0.2) is 0 Å². The molecule has 0 aromatic rings. The predicted octanol–water partition coefficient (Wildman–Crippen LogP) is 2.43. The van der Waals surface area contributed by atoms with Crippen LogP contribution in [0.5, 0.6) is 0 Å². The lowest BCUT2D eigenvalue weighted by Crippen LogP contribution is -2.58. The molecule has 3 fully saturated rings. The smallest absolute Gasteiger partial charge is 0.221 e. The highest BCUT2D eigenvalue weighted by atomic mass is 16.1. The Hall–Kier alpha value is -0.610. The molecule has 2 aliphatic heterocycles. The van der Waals surface area contributed by atoms with E-state index in [1.807, 2.05) is 0 Å². The number of rotatable bonds is 5. The number of piperidine rings is 1. The van der Waals surface area contributed by atoms with E-state index in [0.29, 0.717) is 12.5 Å². The summed E-state index contributed by atoms with van der Waals surface area (Å²) in [6, 6.07) is 0.414. The molecule has 1 atom stereocenters. The summed E-state index contributed by atoms with van der Waals surface area (Å²) in [4.78, 5) is 15.0. The van der Waals surface area contributed by atoms with E-state index in [0.717, 1.165) is 19.5 Å². The number of carbonyl (C=O) groups is 1. The van der Waals surface area contributed by atoms with Crippen LogP contribution in [0.3, 0.4) is 0 Å². The summed E-state index contributed by atoms with van der Waals surface area (Å²) in [5.41, 5.74) is 0.261. The summed E-state index contributed by atoms with van der Waals surface area (Å²) in [6.45, 7) is 4.42. The van der Waals surface area contributed by atoms with Gasteiger partial charge in [-0.05, 0) is 58.2 Å². The van der Waals surface area contributed by atoms with Crippen LogP contribution in [0, 0.1) is 0 Å². The molecule has 0 aromatic heterocycles. The zero-order chi connectivity index (χ0) is 15.3. The van der Waals surface area contributed by atoms with E-state index in [4.69, 9.17) is 0 Å². The molecule has 0 spiro atoms. The van der Waals surface area contributed by atoms with Crippen LogP contribution in [0.4, 0.5) is 0 Å². The molecule has 126 valence electrons. The van der Waals surface area contributed by atoms with Crippen LogP contribution in [-0.4, -0.2) is 48.6 Å². The van der Waals surface area contributed by atoms with Gasteiger partial charge < -0.3 is 10.6 Å².